The summed E-state index contributed by atoms with van der Waals surface area (Å²) in [6.07, 6.45) is 1.42. The number of amides is 1. The monoisotopic (exact) mass is 444 g/mol. The van der Waals surface area contributed by atoms with Gasteiger partial charge in [0.25, 0.3) is 5.91 Å². The Balaban J connectivity index is 1.88. The molecule has 8 heteroatoms. The lowest BCUT2D eigenvalue weighted by Gasteiger charge is -2.07. The predicted molar refractivity (Wildman–Crippen MR) is 116 cm³/mol. The fourth-order valence-electron chi connectivity index (χ4n) is 2.68. The van der Waals surface area contributed by atoms with Crippen molar-refractivity contribution in [3.63, 3.8) is 0 Å². The van der Waals surface area contributed by atoms with Crippen LogP contribution in [0.15, 0.2) is 54.1 Å². The van der Waals surface area contributed by atoms with Crippen LogP contribution in [0.4, 0.5) is 5.69 Å². The molecule has 3 rings (SSSR count). The SMILES string of the molecule is Cc1nn(Cc2ccccc2)c(Cl)c1/C=C(\C#N)C(=O)Nc1cccc(Cl)c1Cl. The highest BCUT2D eigenvalue weighted by atomic mass is 35.5. The van der Waals surface area contributed by atoms with Gasteiger partial charge in [0.1, 0.15) is 16.8 Å². The van der Waals surface area contributed by atoms with Gasteiger partial charge in [-0.3, -0.25) is 4.79 Å². The Bertz CT molecular complexity index is 1130. The summed E-state index contributed by atoms with van der Waals surface area (Å²) in [5.74, 6) is -0.622. The normalized spacial score (nSPS) is 11.2. The van der Waals surface area contributed by atoms with Crippen molar-refractivity contribution in [2.45, 2.75) is 13.5 Å². The third kappa shape index (κ3) is 4.80. The molecule has 0 saturated heterocycles. The van der Waals surface area contributed by atoms with Gasteiger partial charge in [0.15, 0.2) is 0 Å². The van der Waals surface area contributed by atoms with Crippen LogP contribution in [0.1, 0.15) is 16.8 Å². The van der Waals surface area contributed by atoms with Gasteiger partial charge in [-0.2, -0.15) is 10.4 Å². The lowest BCUT2D eigenvalue weighted by molar-refractivity contribution is -0.112. The van der Waals surface area contributed by atoms with Crippen LogP contribution in [0.3, 0.4) is 0 Å². The number of aromatic nitrogens is 2. The number of benzene rings is 2. The lowest BCUT2D eigenvalue weighted by atomic mass is 10.1. The Morgan fingerprint density at radius 3 is 2.59 bits per heavy atom. The minimum absolute atomic E-state index is 0.134. The number of carbonyl (C=O) groups is 1. The van der Waals surface area contributed by atoms with Gasteiger partial charge in [-0.05, 0) is 30.7 Å². The van der Waals surface area contributed by atoms with Gasteiger partial charge in [-0.25, -0.2) is 4.68 Å². The number of nitrogens with one attached hydrogen (secondary N) is 1. The number of hydrogen-bond acceptors (Lipinski definition) is 3. The van der Waals surface area contributed by atoms with Crippen LogP contribution in [-0.2, 0) is 11.3 Å². The third-order valence-electron chi connectivity index (χ3n) is 4.14. The van der Waals surface area contributed by atoms with Gasteiger partial charge >= 0.3 is 0 Å². The first-order valence-corrected chi connectivity index (χ1v) is 9.68. The van der Waals surface area contributed by atoms with E-state index in [1.54, 1.807) is 29.8 Å². The fourth-order valence-corrected chi connectivity index (χ4v) is 3.31. The molecule has 1 heterocycles. The summed E-state index contributed by atoms with van der Waals surface area (Å²) < 4.78 is 1.62. The van der Waals surface area contributed by atoms with Crippen molar-refractivity contribution in [3.8, 4) is 6.07 Å². The molecule has 0 radical (unpaired) electrons. The van der Waals surface area contributed by atoms with Crippen molar-refractivity contribution in [2.24, 2.45) is 0 Å². The second kappa shape index (κ2) is 9.15. The van der Waals surface area contributed by atoms with E-state index in [1.807, 2.05) is 36.4 Å². The first kappa shape index (κ1) is 20.9. The molecule has 1 aromatic heterocycles. The zero-order valence-corrected chi connectivity index (χ0v) is 17.6. The highest BCUT2D eigenvalue weighted by Gasteiger charge is 2.17. The van der Waals surface area contributed by atoms with Crippen molar-refractivity contribution in [1.29, 1.82) is 5.26 Å². The molecule has 0 spiro atoms. The number of rotatable bonds is 5. The largest absolute Gasteiger partial charge is 0.320 e. The quantitative estimate of drug-likeness (QED) is 0.402. The summed E-state index contributed by atoms with van der Waals surface area (Å²) >= 11 is 18.5. The number of aryl methyl sites for hydroxylation is 1. The van der Waals surface area contributed by atoms with Crippen LogP contribution in [0.5, 0.6) is 0 Å². The molecule has 146 valence electrons. The predicted octanol–water partition coefficient (Wildman–Crippen LogP) is 5.75. The van der Waals surface area contributed by atoms with Crippen LogP contribution < -0.4 is 5.32 Å². The van der Waals surface area contributed by atoms with Gasteiger partial charge in [0.05, 0.1) is 28.0 Å². The van der Waals surface area contributed by atoms with Crippen molar-refractivity contribution in [1.82, 2.24) is 9.78 Å². The van der Waals surface area contributed by atoms with E-state index in [0.29, 0.717) is 33.7 Å². The minimum Gasteiger partial charge on any atom is -0.320 e. The Labute approximate surface area is 183 Å². The average Bonchev–Trinajstić information content (AvgIpc) is 2.97. The van der Waals surface area contributed by atoms with Crippen LogP contribution >= 0.6 is 34.8 Å². The molecule has 29 heavy (non-hydrogen) atoms. The average molecular weight is 446 g/mol. The van der Waals surface area contributed by atoms with Gasteiger partial charge in [0.2, 0.25) is 0 Å². The number of carbonyl (C=O) groups excluding carboxylic acids is 1. The first-order chi connectivity index (χ1) is 13.9. The third-order valence-corrected chi connectivity index (χ3v) is 5.36. The molecule has 0 fully saturated rings. The highest BCUT2D eigenvalue weighted by molar-refractivity contribution is 6.44. The van der Waals surface area contributed by atoms with E-state index in [2.05, 4.69) is 10.4 Å². The van der Waals surface area contributed by atoms with E-state index in [1.165, 1.54) is 6.08 Å². The summed E-state index contributed by atoms with van der Waals surface area (Å²) in [4.78, 5) is 12.6. The van der Waals surface area contributed by atoms with E-state index in [0.717, 1.165) is 5.56 Å². The Kier molecular flexibility index (Phi) is 6.60. The Morgan fingerprint density at radius 2 is 1.90 bits per heavy atom. The van der Waals surface area contributed by atoms with Crippen molar-refractivity contribution in [2.75, 3.05) is 5.32 Å². The number of hydrogen-bond donors (Lipinski definition) is 1. The zero-order valence-electron chi connectivity index (χ0n) is 15.3. The molecule has 0 aliphatic heterocycles. The lowest BCUT2D eigenvalue weighted by Crippen LogP contribution is -2.13. The van der Waals surface area contributed by atoms with Crippen LogP contribution in [0.25, 0.3) is 6.08 Å². The molecule has 0 unspecified atom stereocenters. The van der Waals surface area contributed by atoms with E-state index in [-0.39, 0.29) is 10.6 Å². The smallest absolute Gasteiger partial charge is 0.266 e. The molecule has 0 aliphatic carbocycles. The number of halogens is 3. The highest BCUT2D eigenvalue weighted by Crippen LogP contribution is 2.30. The van der Waals surface area contributed by atoms with Crippen LogP contribution in [0.2, 0.25) is 15.2 Å². The molecular formula is C21H15Cl3N4O. The number of anilines is 1. The van der Waals surface area contributed by atoms with Crippen LogP contribution in [0, 0.1) is 18.3 Å². The van der Waals surface area contributed by atoms with Crippen molar-refractivity contribution >= 4 is 52.5 Å². The molecule has 0 atom stereocenters. The minimum atomic E-state index is -0.622. The summed E-state index contributed by atoms with van der Waals surface area (Å²) in [6, 6.07) is 16.5. The molecule has 0 saturated carbocycles. The van der Waals surface area contributed by atoms with Gasteiger partial charge in [-0.1, -0.05) is 71.2 Å². The molecule has 0 aliphatic rings. The molecular weight excluding hydrogens is 431 g/mol. The maximum absolute atomic E-state index is 12.6. The van der Waals surface area contributed by atoms with Gasteiger partial charge < -0.3 is 5.32 Å². The van der Waals surface area contributed by atoms with Crippen molar-refractivity contribution < 1.29 is 4.79 Å². The van der Waals surface area contributed by atoms with E-state index >= 15 is 0 Å². The topological polar surface area (TPSA) is 70.7 Å². The second-order valence-electron chi connectivity index (χ2n) is 6.16. The van der Waals surface area contributed by atoms with E-state index in [4.69, 9.17) is 34.8 Å². The Morgan fingerprint density at radius 1 is 1.17 bits per heavy atom. The van der Waals surface area contributed by atoms with Gasteiger partial charge in [0, 0.05) is 5.56 Å². The summed E-state index contributed by atoms with van der Waals surface area (Å²) in [6.45, 7) is 2.24. The number of nitrogens with zero attached hydrogens (tertiary/aromatic N) is 3. The second-order valence-corrected chi connectivity index (χ2v) is 7.30. The molecule has 2 aromatic carbocycles. The summed E-state index contributed by atoms with van der Waals surface area (Å²) in [5, 5.41) is 17.3. The standard InChI is InChI=1S/C21H15Cl3N4O/c1-13-16(20(24)28(27-13)12-14-6-3-2-4-7-14)10-15(11-25)21(29)26-18-9-5-8-17(22)19(18)23/h2-10H,12H2,1H3,(H,26,29)/b15-10+. The van der Waals surface area contributed by atoms with Crippen LogP contribution in [-0.4, -0.2) is 15.7 Å². The molecule has 5 nitrogen and oxygen atoms in total. The molecule has 1 amide bonds. The summed E-state index contributed by atoms with van der Waals surface area (Å²) in [7, 11) is 0. The Hall–Kier alpha value is -2.78. The van der Waals surface area contributed by atoms with E-state index < -0.39 is 5.91 Å². The molecule has 3 aromatic rings. The number of nitriles is 1. The summed E-state index contributed by atoms with van der Waals surface area (Å²) in [5.41, 5.74) is 2.32. The van der Waals surface area contributed by atoms with Gasteiger partial charge in [-0.15, -0.1) is 0 Å². The van der Waals surface area contributed by atoms with E-state index in [9.17, 15) is 10.1 Å². The fraction of sp³-hybridized carbons (Fsp3) is 0.0952. The maximum Gasteiger partial charge on any atom is 0.266 e. The maximum atomic E-state index is 12.6. The molecule has 0 bridgehead atoms. The first-order valence-electron chi connectivity index (χ1n) is 8.54. The molecule has 1 N–H and O–H groups in total. The van der Waals surface area contributed by atoms with Crippen molar-refractivity contribution in [3.05, 3.63) is 86.1 Å². The zero-order chi connectivity index (χ0) is 21.0.